The third-order valence-electron chi connectivity index (χ3n) is 5.51. The van der Waals surface area contributed by atoms with E-state index < -0.39 is 0 Å². The molecule has 4 rings (SSSR count). The number of carbonyl (C=O) groups is 2. The maximum absolute atomic E-state index is 12.8. The molecule has 146 valence electrons. The van der Waals surface area contributed by atoms with Crippen LogP contribution in [0, 0.1) is 13.8 Å². The van der Waals surface area contributed by atoms with Crippen LogP contribution in [0.15, 0.2) is 30.6 Å². The SMILES string of the molecule is Cc1cnc(N2CCN(C(=O)c3ccc(C4CCNC4=O)cn3)CC2)c(C)c1. The maximum Gasteiger partial charge on any atom is 0.272 e. The van der Waals surface area contributed by atoms with Gasteiger partial charge in [0.25, 0.3) is 5.91 Å². The first-order valence-corrected chi connectivity index (χ1v) is 9.74. The van der Waals surface area contributed by atoms with Crippen molar-refractivity contribution in [2.75, 3.05) is 37.6 Å². The van der Waals surface area contributed by atoms with Crippen LogP contribution in [0.25, 0.3) is 0 Å². The second-order valence-corrected chi connectivity index (χ2v) is 7.54. The number of piperazine rings is 1. The minimum Gasteiger partial charge on any atom is -0.356 e. The first-order chi connectivity index (χ1) is 13.5. The Hall–Kier alpha value is -2.96. The van der Waals surface area contributed by atoms with Crippen molar-refractivity contribution in [1.29, 1.82) is 0 Å². The Balaban J connectivity index is 1.39. The normalized spacial score (nSPS) is 19.6. The number of carbonyl (C=O) groups excluding carboxylic acids is 2. The minimum atomic E-state index is -0.148. The van der Waals surface area contributed by atoms with Crippen molar-refractivity contribution < 1.29 is 9.59 Å². The molecule has 7 nitrogen and oxygen atoms in total. The van der Waals surface area contributed by atoms with Crippen LogP contribution in [0.5, 0.6) is 0 Å². The van der Waals surface area contributed by atoms with Crippen LogP contribution in [0.4, 0.5) is 5.82 Å². The molecule has 2 amide bonds. The molecule has 2 aliphatic heterocycles. The molecular formula is C21H25N5O2. The number of amides is 2. The van der Waals surface area contributed by atoms with Crippen LogP contribution in [0.2, 0.25) is 0 Å². The zero-order valence-electron chi connectivity index (χ0n) is 16.3. The number of anilines is 1. The molecule has 2 fully saturated rings. The summed E-state index contributed by atoms with van der Waals surface area (Å²) in [5.41, 5.74) is 3.62. The zero-order valence-corrected chi connectivity index (χ0v) is 16.3. The molecule has 0 radical (unpaired) electrons. The largest absolute Gasteiger partial charge is 0.356 e. The van der Waals surface area contributed by atoms with Gasteiger partial charge >= 0.3 is 0 Å². The van der Waals surface area contributed by atoms with Gasteiger partial charge in [0.1, 0.15) is 11.5 Å². The van der Waals surface area contributed by atoms with Crippen molar-refractivity contribution in [3.8, 4) is 0 Å². The lowest BCUT2D eigenvalue weighted by atomic mass is 9.99. The Kier molecular flexibility index (Phi) is 4.98. The average molecular weight is 379 g/mol. The Morgan fingerprint density at radius 2 is 1.89 bits per heavy atom. The van der Waals surface area contributed by atoms with Gasteiger partial charge in [-0.3, -0.25) is 14.6 Å². The fourth-order valence-electron chi connectivity index (χ4n) is 3.97. The van der Waals surface area contributed by atoms with E-state index in [1.807, 2.05) is 24.1 Å². The molecule has 0 saturated carbocycles. The summed E-state index contributed by atoms with van der Waals surface area (Å²) in [6, 6.07) is 5.73. The van der Waals surface area contributed by atoms with Crippen molar-refractivity contribution >= 4 is 17.6 Å². The van der Waals surface area contributed by atoms with Crippen LogP contribution in [0.3, 0.4) is 0 Å². The van der Waals surface area contributed by atoms with Gasteiger partial charge in [-0.2, -0.15) is 0 Å². The minimum absolute atomic E-state index is 0.0389. The molecule has 1 atom stereocenters. The highest BCUT2D eigenvalue weighted by molar-refractivity contribution is 5.92. The molecule has 0 aliphatic carbocycles. The summed E-state index contributed by atoms with van der Waals surface area (Å²) in [5, 5.41) is 2.83. The van der Waals surface area contributed by atoms with E-state index in [1.165, 1.54) is 0 Å². The van der Waals surface area contributed by atoms with E-state index in [9.17, 15) is 9.59 Å². The Bertz CT molecular complexity index is 888. The highest BCUT2D eigenvalue weighted by Gasteiger charge is 2.27. The predicted molar refractivity (Wildman–Crippen MR) is 106 cm³/mol. The fraction of sp³-hybridized carbons (Fsp3) is 0.429. The number of aryl methyl sites for hydroxylation is 2. The highest BCUT2D eigenvalue weighted by Crippen LogP contribution is 2.23. The van der Waals surface area contributed by atoms with Crippen molar-refractivity contribution in [3.05, 3.63) is 53.0 Å². The van der Waals surface area contributed by atoms with Gasteiger partial charge in [-0.1, -0.05) is 12.1 Å². The standard InChI is InChI=1S/C21H25N5O2/c1-14-11-15(2)19(24-12-14)25-7-9-26(10-8-25)21(28)18-4-3-16(13-23-18)17-5-6-22-20(17)27/h3-4,11-13,17H,5-10H2,1-2H3,(H,22,27). The van der Waals surface area contributed by atoms with Crippen LogP contribution < -0.4 is 10.2 Å². The molecule has 28 heavy (non-hydrogen) atoms. The second kappa shape index (κ2) is 7.58. The summed E-state index contributed by atoms with van der Waals surface area (Å²) in [4.78, 5) is 37.6. The average Bonchev–Trinajstić information content (AvgIpc) is 3.14. The predicted octanol–water partition coefficient (Wildman–Crippen LogP) is 1.66. The summed E-state index contributed by atoms with van der Waals surface area (Å²) in [6.07, 6.45) is 4.33. The molecule has 2 saturated heterocycles. The maximum atomic E-state index is 12.8. The molecule has 2 aliphatic rings. The summed E-state index contributed by atoms with van der Waals surface area (Å²) in [5.74, 6) is 0.827. The van der Waals surface area contributed by atoms with E-state index >= 15 is 0 Å². The van der Waals surface area contributed by atoms with Crippen molar-refractivity contribution in [2.45, 2.75) is 26.2 Å². The fourth-order valence-corrected chi connectivity index (χ4v) is 3.97. The van der Waals surface area contributed by atoms with Crippen molar-refractivity contribution in [3.63, 3.8) is 0 Å². The number of rotatable bonds is 3. The van der Waals surface area contributed by atoms with E-state index in [-0.39, 0.29) is 17.7 Å². The number of hydrogen-bond donors (Lipinski definition) is 1. The summed E-state index contributed by atoms with van der Waals surface area (Å²) in [6.45, 7) is 7.60. The topological polar surface area (TPSA) is 78.4 Å². The molecule has 1 N–H and O–H groups in total. The number of nitrogens with one attached hydrogen (secondary N) is 1. The van der Waals surface area contributed by atoms with Gasteiger partial charge in [0.15, 0.2) is 0 Å². The summed E-state index contributed by atoms with van der Waals surface area (Å²) in [7, 11) is 0. The molecular weight excluding hydrogens is 354 g/mol. The second-order valence-electron chi connectivity index (χ2n) is 7.54. The smallest absolute Gasteiger partial charge is 0.272 e. The van der Waals surface area contributed by atoms with E-state index in [0.29, 0.717) is 25.3 Å². The lowest BCUT2D eigenvalue weighted by molar-refractivity contribution is -0.120. The van der Waals surface area contributed by atoms with E-state index in [4.69, 9.17) is 0 Å². The van der Waals surface area contributed by atoms with Gasteiger partial charge in [-0.15, -0.1) is 0 Å². The third kappa shape index (κ3) is 3.56. The van der Waals surface area contributed by atoms with Gasteiger partial charge in [0.2, 0.25) is 5.91 Å². The lowest BCUT2D eigenvalue weighted by Crippen LogP contribution is -2.49. The molecule has 0 spiro atoms. The molecule has 7 heteroatoms. The first-order valence-electron chi connectivity index (χ1n) is 9.74. The molecule has 1 unspecified atom stereocenters. The van der Waals surface area contributed by atoms with Crippen molar-refractivity contribution in [2.24, 2.45) is 0 Å². The third-order valence-corrected chi connectivity index (χ3v) is 5.51. The van der Waals surface area contributed by atoms with Gasteiger partial charge in [-0.05, 0) is 43.0 Å². The van der Waals surface area contributed by atoms with Gasteiger partial charge in [-0.25, -0.2) is 4.98 Å². The van der Waals surface area contributed by atoms with E-state index in [2.05, 4.69) is 33.2 Å². The number of nitrogens with zero attached hydrogens (tertiary/aromatic N) is 4. The van der Waals surface area contributed by atoms with Crippen LogP contribution in [0.1, 0.15) is 39.5 Å². The number of hydrogen-bond acceptors (Lipinski definition) is 5. The summed E-state index contributed by atoms with van der Waals surface area (Å²) < 4.78 is 0. The molecule has 0 bridgehead atoms. The van der Waals surface area contributed by atoms with Gasteiger partial charge in [0, 0.05) is 45.1 Å². The van der Waals surface area contributed by atoms with E-state index in [1.54, 1.807) is 12.3 Å². The molecule has 4 heterocycles. The Morgan fingerprint density at radius 3 is 2.50 bits per heavy atom. The zero-order chi connectivity index (χ0) is 19.7. The summed E-state index contributed by atoms with van der Waals surface area (Å²) >= 11 is 0. The quantitative estimate of drug-likeness (QED) is 0.878. The highest BCUT2D eigenvalue weighted by atomic mass is 16.2. The molecule has 0 aromatic carbocycles. The molecule has 2 aromatic rings. The van der Waals surface area contributed by atoms with Crippen LogP contribution >= 0.6 is 0 Å². The Morgan fingerprint density at radius 1 is 1.11 bits per heavy atom. The van der Waals surface area contributed by atoms with E-state index in [0.717, 1.165) is 42.0 Å². The first kappa shape index (κ1) is 18.4. The van der Waals surface area contributed by atoms with Gasteiger partial charge < -0.3 is 15.1 Å². The Labute approximate surface area is 164 Å². The lowest BCUT2D eigenvalue weighted by Gasteiger charge is -2.36. The molecule has 2 aromatic heterocycles. The monoisotopic (exact) mass is 379 g/mol. The number of aromatic nitrogens is 2. The number of pyridine rings is 2. The van der Waals surface area contributed by atoms with Crippen LogP contribution in [-0.2, 0) is 4.79 Å². The van der Waals surface area contributed by atoms with Crippen LogP contribution in [-0.4, -0.2) is 59.4 Å². The van der Waals surface area contributed by atoms with Gasteiger partial charge in [0.05, 0.1) is 5.92 Å². The van der Waals surface area contributed by atoms with Crippen molar-refractivity contribution in [1.82, 2.24) is 20.2 Å².